The molecule has 2 heterocycles. The summed E-state index contributed by atoms with van der Waals surface area (Å²) in [6.45, 7) is 2.47. The Morgan fingerprint density at radius 1 is 1.73 bits per heavy atom. The van der Waals surface area contributed by atoms with Gasteiger partial charge in [-0.2, -0.15) is 0 Å². The van der Waals surface area contributed by atoms with E-state index in [1.165, 1.54) is 0 Å². The van der Waals surface area contributed by atoms with Crippen LogP contribution in [0, 0.1) is 0 Å². The highest BCUT2D eigenvalue weighted by molar-refractivity contribution is 5.80. The third-order valence-electron chi connectivity index (χ3n) is 2.53. The zero-order valence-corrected chi connectivity index (χ0v) is 8.69. The number of aromatic amines is 1. The van der Waals surface area contributed by atoms with Gasteiger partial charge in [0.2, 0.25) is 5.91 Å². The topological polar surface area (TPSA) is 67.0 Å². The maximum Gasteiger partial charge on any atom is 0.249 e. The smallest absolute Gasteiger partial charge is 0.249 e. The Kier molecular flexibility index (Phi) is 3.01. The minimum absolute atomic E-state index is 0.0334. The maximum absolute atomic E-state index is 11.6. The van der Waals surface area contributed by atoms with Crippen LogP contribution < -0.4 is 5.32 Å². The number of carbonyl (C=O) groups is 1. The van der Waals surface area contributed by atoms with E-state index in [9.17, 15) is 4.79 Å². The number of carbonyl (C=O) groups excluding carboxylic acids is 1. The Bertz CT molecular complexity index is 323. The highest BCUT2D eigenvalue weighted by Crippen LogP contribution is 2.18. The first kappa shape index (κ1) is 10.2. The predicted octanol–water partition coefficient (Wildman–Crippen LogP) is 0.593. The molecule has 5 nitrogen and oxygen atoms in total. The number of rotatable bonds is 3. The summed E-state index contributed by atoms with van der Waals surface area (Å²) in [6, 6.07) is 0. The van der Waals surface area contributed by atoms with E-state index in [1.54, 1.807) is 12.5 Å². The van der Waals surface area contributed by atoms with Crippen molar-refractivity contribution in [3.8, 4) is 0 Å². The van der Waals surface area contributed by atoms with Crippen molar-refractivity contribution >= 4 is 5.91 Å². The number of hydrogen-bond acceptors (Lipinski definition) is 3. The molecule has 82 valence electrons. The lowest BCUT2D eigenvalue weighted by Gasteiger charge is -2.10. The highest BCUT2D eigenvalue weighted by Gasteiger charge is 2.27. The number of hydrogen-bond donors (Lipinski definition) is 2. The van der Waals surface area contributed by atoms with Crippen molar-refractivity contribution in [3.05, 3.63) is 18.2 Å². The molecule has 0 aliphatic carbocycles. The Morgan fingerprint density at radius 3 is 3.20 bits per heavy atom. The SMILES string of the molecule is CC1CCC(C(=O)NCc2cnc[nH]2)O1. The molecule has 0 aromatic carbocycles. The lowest BCUT2D eigenvalue weighted by Crippen LogP contribution is -2.34. The lowest BCUT2D eigenvalue weighted by molar-refractivity contribution is -0.131. The number of amides is 1. The molecule has 1 fully saturated rings. The van der Waals surface area contributed by atoms with Crippen LogP contribution in [-0.2, 0) is 16.1 Å². The number of nitrogens with zero attached hydrogens (tertiary/aromatic N) is 1. The number of aromatic nitrogens is 2. The normalized spacial score (nSPS) is 25.4. The molecule has 2 N–H and O–H groups in total. The molecular formula is C10H15N3O2. The first-order valence-corrected chi connectivity index (χ1v) is 5.16. The molecule has 2 unspecified atom stereocenters. The second-order valence-electron chi connectivity index (χ2n) is 3.81. The van der Waals surface area contributed by atoms with E-state index in [1.807, 2.05) is 6.92 Å². The zero-order chi connectivity index (χ0) is 10.7. The summed E-state index contributed by atoms with van der Waals surface area (Å²) >= 11 is 0. The summed E-state index contributed by atoms with van der Waals surface area (Å²) in [4.78, 5) is 18.4. The summed E-state index contributed by atoms with van der Waals surface area (Å²) in [7, 11) is 0. The van der Waals surface area contributed by atoms with E-state index in [0.717, 1.165) is 18.5 Å². The Labute approximate surface area is 88.2 Å². The minimum atomic E-state index is -0.275. The molecule has 1 saturated heterocycles. The molecule has 0 spiro atoms. The zero-order valence-electron chi connectivity index (χ0n) is 8.69. The van der Waals surface area contributed by atoms with E-state index in [0.29, 0.717) is 6.54 Å². The Morgan fingerprint density at radius 2 is 2.60 bits per heavy atom. The van der Waals surface area contributed by atoms with Crippen LogP contribution in [0.5, 0.6) is 0 Å². The average molecular weight is 209 g/mol. The lowest BCUT2D eigenvalue weighted by atomic mass is 10.2. The van der Waals surface area contributed by atoms with Gasteiger partial charge in [0.25, 0.3) is 0 Å². The number of ether oxygens (including phenoxy) is 1. The third-order valence-corrected chi connectivity index (χ3v) is 2.53. The fourth-order valence-corrected chi connectivity index (χ4v) is 1.67. The predicted molar refractivity (Wildman–Crippen MR) is 54.0 cm³/mol. The Balaban J connectivity index is 1.78. The van der Waals surface area contributed by atoms with E-state index in [2.05, 4.69) is 15.3 Å². The van der Waals surface area contributed by atoms with Crippen molar-refractivity contribution in [2.24, 2.45) is 0 Å². The van der Waals surface area contributed by atoms with E-state index < -0.39 is 0 Å². The fourth-order valence-electron chi connectivity index (χ4n) is 1.67. The maximum atomic E-state index is 11.6. The van der Waals surface area contributed by atoms with Gasteiger partial charge in [-0.05, 0) is 19.8 Å². The fraction of sp³-hybridized carbons (Fsp3) is 0.600. The van der Waals surface area contributed by atoms with Crippen LogP contribution in [0.15, 0.2) is 12.5 Å². The molecule has 15 heavy (non-hydrogen) atoms. The van der Waals surface area contributed by atoms with Gasteiger partial charge in [0.15, 0.2) is 0 Å². The first-order chi connectivity index (χ1) is 7.25. The van der Waals surface area contributed by atoms with Crippen molar-refractivity contribution in [3.63, 3.8) is 0 Å². The summed E-state index contributed by atoms with van der Waals surface area (Å²) in [6.07, 6.45) is 4.99. The molecule has 1 amide bonds. The molecular weight excluding hydrogens is 194 g/mol. The van der Waals surface area contributed by atoms with Crippen LogP contribution in [0.2, 0.25) is 0 Å². The molecule has 0 bridgehead atoms. The summed E-state index contributed by atoms with van der Waals surface area (Å²) in [5.74, 6) is -0.0334. The molecule has 0 saturated carbocycles. The molecule has 5 heteroatoms. The van der Waals surface area contributed by atoms with Gasteiger partial charge in [-0.1, -0.05) is 0 Å². The third kappa shape index (κ3) is 2.56. The van der Waals surface area contributed by atoms with Crippen LogP contribution >= 0.6 is 0 Å². The van der Waals surface area contributed by atoms with Crippen LogP contribution in [0.1, 0.15) is 25.5 Å². The van der Waals surface area contributed by atoms with E-state index >= 15 is 0 Å². The quantitative estimate of drug-likeness (QED) is 0.765. The van der Waals surface area contributed by atoms with E-state index in [4.69, 9.17) is 4.74 Å². The van der Waals surface area contributed by atoms with Gasteiger partial charge in [0, 0.05) is 6.20 Å². The molecule has 2 atom stereocenters. The van der Waals surface area contributed by atoms with Crippen molar-refractivity contribution in [1.29, 1.82) is 0 Å². The van der Waals surface area contributed by atoms with Gasteiger partial charge in [0.05, 0.1) is 24.7 Å². The molecule has 1 aliphatic rings. The largest absolute Gasteiger partial charge is 0.365 e. The van der Waals surface area contributed by atoms with Crippen molar-refractivity contribution in [2.75, 3.05) is 0 Å². The van der Waals surface area contributed by atoms with Gasteiger partial charge in [-0.25, -0.2) is 4.98 Å². The summed E-state index contributed by atoms with van der Waals surface area (Å²) < 4.78 is 5.46. The van der Waals surface area contributed by atoms with Gasteiger partial charge in [-0.3, -0.25) is 4.79 Å². The van der Waals surface area contributed by atoms with Gasteiger partial charge in [0.1, 0.15) is 6.10 Å². The number of nitrogens with one attached hydrogen (secondary N) is 2. The summed E-state index contributed by atoms with van der Waals surface area (Å²) in [5, 5.41) is 2.81. The number of H-pyrrole nitrogens is 1. The molecule has 1 aliphatic heterocycles. The molecule has 1 aromatic heterocycles. The summed E-state index contributed by atoms with van der Waals surface area (Å²) in [5.41, 5.74) is 0.898. The van der Waals surface area contributed by atoms with Gasteiger partial charge >= 0.3 is 0 Å². The Hall–Kier alpha value is -1.36. The van der Waals surface area contributed by atoms with Crippen LogP contribution in [0.25, 0.3) is 0 Å². The number of imidazole rings is 1. The average Bonchev–Trinajstić information content (AvgIpc) is 2.84. The monoisotopic (exact) mass is 209 g/mol. The standard InChI is InChI=1S/C10H15N3O2/c1-7-2-3-9(15-7)10(14)12-5-8-4-11-6-13-8/h4,6-7,9H,2-3,5H2,1H3,(H,11,13)(H,12,14). The first-order valence-electron chi connectivity index (χ1n) is 5.16. The van der Waals surface area contributed by atoms with Crippen LogP contribution in [0.3, 0.4) is 0 Å². The minimum Gasteiger partial charge on any atom is -0.365 e. The van der Waals surface area contributed by atoms with Crippen molar-refractivity contribution in [1.82, 2.24) is 15.3 Å². The van der Waals surface area contributed by atoms with Crippen LogP contribution in [0.4, 0.5) is 0 Å². The van der Waals surface area contributed by atoms with Crippen LogP contribution in [-0.4, -0.2) is 28.1 Å². The van der Waals surface area contributed by atoms with Crippen molar-refractivity contribution < 1.29 is 9.53 Å². The molecule has 2 rings (SSSR count). The van der Waals surface area contributed by atoms with Crippen molar-refractivity contribution in [2.45, 2.75) is 38.5 Å². The van der Waals surface area contributed by atoms with E-state index in [-0.39, 0.29) is 18.1 Å². The second-order valence-corrected chi connectivity index (χ2v) is 3.81. The van der Waals surface area contributed by atoms with Gasteiger partial charge < -0.3 is 15.0 Å². The highest BCUT2D eigenvalue weighted by atomic mass is 16.5. The molecule has 0 radical (unpaired) electrons. The van der Waals surface area contributed by atoms with Gasteiger partial charge in [-0.15, -0.1) is 0 Å². The molecule has 1 aromatic rings. The second kappa shape index (κ2) is 4.44.